The molecule has 1 N–H and O–H groups in total. The van der Waals surface area contributed by atoms with Gasteiger partial charge < -0.3 is 5.11 Å². The molecule has 2 aromatic rings. The number of hydrogen-bond acceptors (Lipinski definition) is 1. The van der Waals surface area contributed by atoms with Crippen LogP contribution >= 0.6 is 0 Å². The number of hydrogen-bond donors (Lipinski definition) is 1. The quantitative estimate of drug-likeness (QED) is 0.820. The minimum absolute atomic E-state index is 0.397. The van der Waals surface area contributed by atoms with Gasteiger partial charge in [-0.1, -0.05) is 62.4 Å². The molecule has 0 aliphatic heterocycles. The zero-order valence-electron chi connectivity index (χ0n) is 12.9. The Morgan fingerprint density at radius 2 is 1.67 bits per heavy atom. The molecular formula is C20H24O. The van der Waals surface area contributed by atoms with Crippen molar-refractivity contribution < 1.29 is 5.11 Å². The van der Waals surface area contributed by atoms with Crippen LogP contribution in [0.5, 0.6) is 0 Å². The fraction of sp³-hybridized carbons (Fsp3) is 0.400. The van der Waals surface area contributed by atoms with Gasteiger partial charge in [-0.25, -0.2) is 0 Å². The summed E-state index contributed by atoms with van der Waals surface area (Å²) in [6, 6.07) is 17.0. The van der Waals surface area contributed by atoms with E-state index in [0.717, 1.165) is 5.56 Å². The molecule has 1 unspecified atom stereocenters. The summed E-state index contributed by atoms with van der Waals surface area (Å²) in [6.45, 7) is 4.41. The topological polar surface area (TPSA) is 20.2 Å². The number of aliphatic hydroxyl groups excluding tert-OH is 1. The van der Waals surface area contributed by atoms with Crippen molar-refractivity contribution in [1.29, 1.82) is 0 Å². The summed E-state index contributed by atoms with van der Waals surface area (Å²) in [5.74, 6) is 1.23. The predicted octanol–water partition coefficient (Wildman–Crippen LogP) is 4.96. The van der Waals surface area contributed by atoms with Crippen molar-refractivity contribution in [2.75, 3.05) is 0 Å². The van der Waals surface area contributed by atoms with E-state index in [1.165, 1.54) is 29.5 Å². The number of aliphatic hydroxyl groups is 1. The van der Waals surface area contributed by atoms with Crippen LogP contribution in [0.15, 0.2) is 48.5 Å². The van der Waals surface area contributed by atoms with Crippen LogP contribution in [0.4, 0.5) is 0 Å². The molecule has 1 aliphatic rings. The highest BCUT2D eigenvalue weighted by molar-refractivity contribution is 5.36. The van der Waals surface area contributed by atoms with Crippen LogP contribution in [-0.4, -0.2) is 5.11 Å². The van der Waals surface area contributed by atoms with E-state index in [4.69, 9.17) is 0 Å². The zero-order chi connectivity index (χ0) is 14.8. The molecule has 110 valence electrons. The van der Waals surface area contributed by atoms with E-state index in [2.05, 4.69) is 56.3 Å². The second-order valence-corrected chi connectivity index (χ2v) is 6.52. The van der Waals surface area contributed by atoms with Crippen LogP contribution in [0, 0.1) is 0 Å². The molecule has 1 fully saturated rings. The maximum atomic E-state index is 10.6. The van der Waals surface area contributed by atoms with Gasteiger partial charge in [0.05, 0.1) is 6.10 Å². The van der Waals surface area contributed by atoms with Crippen molar-refractivity contribution in [3.8, 4) is 0 Å². The van der Waals surface area contributed by atoms with Crippen molar-refractivity contribution in [1.82, 2.24) is 0 Å². The molecule has 0 radical (unpaired) electrons. The van der Waals surface area contributed by atoms with Crippen molar-refractivity contribution in [3.63, 3.8) is 0 Å². The first-order chi connectivity index (χ1) is 10.1. The van der Waals surface area contributed by atoms with E-state index in [0.29, 0.717) is 18.3 Å². The highest BCUT2D eigenvalue weighted by atomic mass is 16.3. The lowest BCUT2D eigenvalue weighted by atomic mass is 9.93. The summed E-state index contributed by atoms with van der Waals surface area (Å²) in [7, 11) is 0. The predicted molar refractivity (Wildman–Crippen MR) is 87.6 cm³/mol. The molecule has 2 aromatic carbocycles. The lowest BCUT2D eigenvalue weighted by molar-refractivity contribution is 0.177. The summed E-state index contributed by atoms with van der Waals surface area (Å²) in [6.07, 6.45) is 2.84. The fourth-order valence-electron chi connectivity index (χ4n) is 2.95. The van der Waals surface area contributed by atoms with E-state index in [-0.39, 0.29) is 0 Å². The SMILES string of the molecule is CC(C)c1ccc(CC(O)c2ccccc2C2CC2)cc1. The van der Waals surface area contributed by atoms with Crippen LogP contribution in [-0.2, 0) is 6.42 Å². The Morgan fingerprint density at radius 1 is 1.00 bits per heavy atom. The van der Waals surface area contributed by atoms with Gasteiger partial charge in [0, 0.05) is 6.42 Å². The molecule has 0 spiro atoms. The molecule has 1 saturated carbocycles. The summed E-state index contributed by atoms with van der Waals surface area (Å²) in [5, 5.41) is 10.6. The molecule has 0 amide bonds. The van der Waals surface area contributed by atoms with Crippen LogP contribution in [0.25, 0.3) is 0 Å². The largest absolute Gasteiger partial charge is 0.388 e. The summed E-state index contributed by atoms with van der Waals surface area (Å²) >= 11 is 0. The standard InChI is InChI=1S/C20H24O/c1-14(2)16-9-7-15(8-10-16)13-20(21)19-6-4-3-5-18(19)17-11-12-17/h3-10,14,17,20-21H,11-13H2,1-2H3. The normalized spacial score (nSPS) is 16.2. The van der Waals surface area contributed by atoms with Gasteiger partial charge in [-0.3, -0.25) is 0 Å². The zero-order valence-corrected chi connectivity index (χ0v) is 12.9. The third-order valence-corrected chi connectivity index (χ3v) is 4.45. The Kier molecular flexibility index (Phi) is 4.12. The summed E-state index contributed by atoms with van der Waals surface area (Å²) in [5.41, 5.74) is 5.03. The monoisotopic (exact) mass is 280 g/mol. The summed E-state index contributed by atoms with van der Waals surface area (Å²) < 4.78 is 0. The maximum absolute atomic E-state index is 10.6. The van der Waals surface area contributed by atoms with Gasteiger partial charge in [0.25, 0.3) is 0 Å². The van der Waals surface area contributed by atoms with E-state index in [9.17, 15) is 5.11 Å². The third-order valence-electron chi connectivity index (χ3n) is 4.45. The molecule has 0 heterocycles. The fourth-order valence-corrected chi connectivity index (χ4v) is 2.95. The maximum Gasteiger partial charge on any atom is 0.0833 e. The van der Waals surface area contributed by atoms with E-state index >= 15 is 0 Å². The van der Waals surface area contributed by atoms with Crippen LogP contribution in [0.1, 0.15) is 66.9 Å². The second kappa shape index (κ2) is 6.03. The minimum Gasteiger partial charge on any atom is -0.388 e. The lowest BCUT2D eigenvalue weighted by Gasteiger charge is -2.16. The first-order valence-corrected chi connectivity index (χ1v) is 8.01. The Bertz CT molecular complexity index is 593. The van der Waals surface area contributed by atoms with Gasteiger partial charge in [0.2, 0.25) is 0 Å². The van der Waals surface area contributed by atoms with Gasteiger partial charge in [-0.05, 0) is 46.9 Å². The first-order valence-electron chi connectivity index (χ1n) is 8.01. The first kappa shape index (κ1) is 14.3. The van der Waals surface area contributed by atoms with Gasteiger partial charge in [0.15, 0.2) is 0 Å². The second-order valence-electron chi connectivity index (χ2n) is 6.52. The molecule has 1 nitrogen and oxygen atoms in total. The van der Waals surface area contributed by atoms with Gasteiger partial charge in [0.1, 0.15) is 0 Å². The minimum atomic E-state index is -0.397. The van der Waals surface area contributed by atoms with Gasteiger partial charge in [-0.15, -0.1) is 0 Å². The van der Waals surface area contributed by atoms with Crippen molar-refractivity contribution in [3.05, 3.63) is 70.8 Å². The highest BCUT2D eigenvalue weighted by Gasteiger charge is 2.27. The average Bonchev–Trinajstić information content (AvgIpc) is 3.32. The molecular weight excluding hydrogens is 256 g/mol. The van der Waals surface area contributed by atoms with Crippen molar-refractivity contribution in [2.24, 2.45) is 0 Å². The highest BCUT2D eigenvalue weighted by Crippen LogP contribution is 2.43. The summed E-state index contributed by atoms with van der Waals surface area (Å²) in [4.78, 5) is 0. The molecule has 0 bridgehead atoms. The van der Waals surface area contributed by atoms with Crippen LogP contribution in [0.2, 0.25) is 0 Å². The van der Waals surface area contributed by atoms with Crippen molar-refractivity contribution >= 4 is 0 Å². The van der Waals surface area contributed by atoms with Crippen molar-refractivity contribution in [2.45, 2.75) is 51.0 Å². The third kappa shape index (κ3) is 3.36. The Hall–Kier alpha value is -1.60. The van der Waals surface area contributed by atoms with E-state index in [1.54, 1.807) is 0 Å². The number of benzene rings is 2. The molecule has 1 heteroatoms. The van der Waals surface area contributed by atoms with Crippen LogP contribution in [0.3, 0.4) is 0 Å². The van der Waals surface area contributed by atoms with E-state index in [1.807, 2.05) is 6.07 Å². The molecule has 0 saturated heterocycles. The van der Waals surface area contributed by atoms with Gasteiger partial charge >= 0.3 is 0 Å². The lowest BCUT2D eigenvalue weighted by Crippen LogP contribution is -2.05. The molecule has 1 atom stereocenters. The van der Waals surface area contributed by atoms with Crippen LogP contribution < -0.4 is 0 Å². The molecule has 21 heavy (non-hydrogen) atoms. The number of rotatable bonds is 5. The molecule has 1 aliphatic carbocycles. The molecule has 3 rings (SSSR count). The smallest absolute Gasteiger partial charge is 0.0833 e. The Balaban J connectivity index is 1.75. The average molecular weight is 280 g/mol. The Labute approximate surface area is 127 Å². The van der Waals surface area contributed by atoms with E-state index < -0.39 is 6.10 Å². The van der Waals surface area contributed by atoms with Gasteiger partial charge in [-0.2, -0.15) is 0 Å². The molecule has 0 aromatic heterocycles. The Morgan fingerprint density at radius 3 is 2.29 bits per heavy atom.